The number of hydrogen-bond donors (Lipinski definition) is 2. The number of aliphatic carboxylic acids is 1. The van der Waals surface area contributed by atoms with Crippen molar-refractivity contribution in [2.24, 2.45) is 0 Å². The molecule has 1 amide bonds. The number of morpholine rings is 1. The SMILES string of the molecule is O=C(O)C1COCCN1C(=O)c1n[nH]c2ccccc12. The summed E-state index contributed by atoms with van der Waals surface area (Å²) >= 11 is 0. The third kappa shape index (κ3) is 2.01. The largest absolute Gasteiger partial charge is 0.480 e. The molecule has 3 rings (SSSR count). The molecule has 0 saturated carbocycles. The third-order valence-electron chi connectivity index (χ3n) is 3.35. The number of H-pyrrole nitrogens is 1. The maximum absolute atomic E-state index is 12.5. The fraction of sp³-hybridized carbons (Fsp3) is 0.308. The number of aromatic amines is 1. The minimum Gasteiger partial charge on any atom is -0.480 e. The fourth-order valence-corrected chi connectivity index (χ4v) is 2.31. The molecule has 1 aliphatic rings. The summed E-state index contributed by atoms with van der Waals surface area (Å²) in [5.41, 5.74) is 0.990. The Morgan fingerprint density at radius 1 is 1.40 bits per heavy atom. The zero-order chi connectivity index (χ0) is 14.1. The Kier molecular flexibility index (Phi) is 3.11. The van der Waals surface area contributed by atoms with E-state index in [-0.39, 0.29) is 18.8 Å². The lowest BCUT2D eigenvalue weighted by atomic mass is 10.1. The minimum absolute atomic E-state index is 0.00340. The van der Waals surface area contributed by atoms with Gasteiger partial charge in [-0.1, -0.05) is 18.2 Å². The van der Waals surface area contributed by atoms with Gasteiger partial charge in [-0.05, 0) is 6.07 Å². The van der Waals surface area contributed by atoms with Gasteiger partial charge in [-0.15, -0.1) is 0 Å². The van der Waals surface area contributed by atoms with Crippen LogP contribution in [0.5, 0.6) is 0 Å². The van der Waals surface area contributed by atoms with Gasteiger partial charge in [0.2, 0.25) is 0 Å². The van der Waals surface area contributed by atoms with Crippen LogP contribution in [-0.4, -0.2) is 57.9 Å². The number of nitrogens with zero attached hydrogens (tertiary/aromatic N) is 2. The van der Waals surface area contributed by atoms with Gasteiger partial charge in [0.05, 0.1) is 18.7 Å². The number of ether oxygens (including phenoxy) is 1. The van der Waals surface area contributed by atoms with Crippen molar-refractivity contribution < 1.29 is 19.4 Å². The summed E-state index contributed by atoms with van der Waals surface area (Å²) in [6.07, 6.45) is 0. The molecule has 7 nitrogen and oxygen atoms in total. The molecule has 1 aromatic heterocycles. The number of para-hydroxylation sites is 1. The van der Waals surface area contributed by atoms with Crippen LogP contribution in [-0.2, 0) is 9.53 Å². The summed E-state index contributed by atoms with van der Waals surface area (Å²) in [5.74, 6) is -1.46. The Balaban J connectivity index is 1.96. The second kappa shape index (κ2) is 4.93. The van der Waals surface area contributed by atoms with Crippen molar-refractivity contribution in [3.8, 4) is 0 Å². The molecule has 7 heteroatoms. The standard InChI is InChI=1S/C13H13N3O4/c17-12(16-5-6-20-7-10(16)13(18)19)11-8-3-1-2-4-9(8)14-15-11/h1-4,10H,5-7H2,(H,14,15)(H,18,19). The first-order valence-electron chi connectivity index (χ1n) is 6.23. The second-order valence-corrected chi connectivity index (χ2v) is 4.55. The van der Waals surface area contributed by atoms with Crippen LogP contribution in [0.25, 0.3) is 10.9 Å². The van der Waals surface area contributed by atoms with Crippen LogP contribution < -0.4 is 0 Å². The van der Waals surface area contributed by atoms with E-state index in [0.29, 0.717) is 12.0 Å². The molecule has 0 radical (unpaired) electrons. The number of carbonyl (C=O) groups is 2. The van der Waals surface area contributed by atoms with Crippen LogP contribution in [0.1, 0.15) is 10.5 Å². The van der Waals surface area contributed by atoms with Crippen LogP contribution in [0.15, 0.2) is 24.3 Å². The zero-order valence-corrected chi connectivity index (χ0v) is 10.6. The molecule has 0 bridgehead atoms. The number of carbonyl (C=O) groups excluding carboxylic acids is 1. The molecule has 0 aliphatic carbocycles. The van der Waals surface area contributed by atoms with Gasteiger partial charge >= 0.3 is 5.97 Å². The van der Waals surface area contributed by atoms with Crippen LogP contribution >= 0.6 is 0 Å². The monoisotopic (exact) mass is 275 g/mol. The number of carboxylic acids is 1. The highest BCUT2D eigenvalue weighted by molar-refractivity contribution is 6.05. The topological polar surface area (TPSA) is 95.5 Å². The van der Waals surface area contributed by atoms with Crippen molar-refractivity contribution in [2.75, 3.05) is 19.8 Å². The number of aromatic nitrogens is 2. The predicted octanol–water partition coefficient (Wildman–Crippen LogP) is 0.488. The summed E-state index contributed by atoms with van der Waals surface area (Å²) in [7, 11) is 0. The van der Waals surface area contributed by atoms with E-state index in [1.54, 1.807) is 6.07 Å². The molecular weight excluding hydrogens is 262 g/mol. The first-order valence-corrected chi connectivity index (χ1v) is 6.23. The summed E-state index contributed by atoms with van der Waals surface area (Å²) in [5, 5.41) is 16.6. The van der Waals surface area contributed by atoms with E-state index in [0.717, 1.165) is 5.52 Å². The zero-order valence-electron chi connectivity index (χ0n) is 10.6. The maximum Gasteiger partial charge on any atom is 0.328 e. The molecule has 1 aromatic carbocycles. The lowest BCUT2D eigenvalue weighted by molar-refractivity contribution is -0.147. The van der Waals surface area contributed by atoms with Crippen molar-refractivity contribution >= 4 is 22.8 Å². The van der Waals surface area contributed by atoms with Gasteiger partial charge in [0.25, 0.3) is 5.91 Å². The third-order valence-corrected chi connectivity index (χ3v) is 3.35. The number of fused-ring (bicyclic) bond motifs is 1. The highest BCUT2D eigenvalue weighted by Crippen LogP contribution is 2.19. The first-order chi connectivity index (χ1) is 9.68. The summed E-state index contributed by atoms with van der Waals surface area (Å²) < 4.78 is 5.13. The molecule has 1 atom stereocenters. The van der Waals surface area contributed by atoms with Crippen LogP contribution in [0.2, 0.25) is 0 Å². The van der Waals surface area contributed by atoms with E-state index < -0.39 is 17.9 Å². The number of rotatable bonds is 2. The summed E-state index contributed by atoms with van der Waals surface area (Å²) in [4.78, 5) is 25.0. The average Bonchev–Trinajstić information content (AvgIpc) is 2.90. The Hall–Kier alpha value is -2.41. The van der Waals surface area contributed by atoms with Crippen LogP contribution in [0.4, 0.5) is 0 Å². The minimum atomic E-state index is -1.07. The Morgan fingerprint density at radius 2 is 2.20 bits per heavy atom. The molecular formula is C13H13N3O4. The van der Waals surface area contributed by atoms with Crippen molar-refractivity contribution in [1.82, 2.24) is 15.1 Å². The van der Waals surface area contributed by atoms with Gasteiger partial charge in [0.15, 0.2) is 11.7 Å². The molecule has 1 fully saturated rings. The van der Waals surface area contributed by atoms with Gasteiger partial charge in [-0.2, -0.15) is 5.10 Å². The maximum atomic E-state index is 12.5. The van der Waals surface area contributed by atoms with Crippen molar-refractivity contribution in [1.29, 1.82) is 0 Å². The smallest absolute Gasteiger partial charge is 0.328 e. The number of benzene rings is 1. The Labute approximate surface area is 114 Å². The molecule has 1 aliphatic heterocycles. The first kappa shape index (κ1) is 12.6. The summed E-state index contributed by atoms with van der Waals surface area (Å²) in [6.45, 7) is 0.582. The van der Waals surface area contributed by atoms with Gasteiger partial charge < -0.3 is 14.7 Å². The molecule has 20 heavy (non-hydrogen) atoms. The lowest BCUT2D eigenvalue weighted by Gasteiger charge is -2.32. The number of carboxylic acid groups (broad SMARTS) is 1. The fourth-order valence-electron chi connectivity index (χ4n) is 2.31. The Morgan fingerprint density at radius 3 is 3.00 bits per heavy atom. The second-order valence-electron chi connectivity index (χ2n) is 4.55. The van der Waals surface area contributed by atoms with E-state index in [1.807, 2.05) is 18.2 Å². The van der Waals surface area contributed by atoms with Crippen molar-refractivity contribution in [3.63, 3.8) is 0 Å². The number of nitrogens with one attached hydrogen (secondary N) is 1. The van der Waals surface area contributed by atoms with E-state index in [2.05, 4.69) is 10.2 Å². The molecule has 2 N–H and O–H groups in total. The number of hydrogen-bond acceptors (Lipinski definition) is 4. The number of amides is 1. The normalized spacial score (nSPS) is 19.2. The predicted molar refractivity (Wildman–Crippen MR) is 69.4 cm³/mol. The van der Waals surface area contributed by atoms with Gasteiger partial charge in [-0.3, -0.25) is 9.89 Å². The van der Waals surface area contributed by atoms with E-state index in [4.69, 9.17) is 9.84 Å². The molecule has 0 spiro atoms. The molecule has 2 aromatic rings. The summed E-state index contributed by atoms with van der Waals surface area (Å²) in [6, 6.07) is 6.27. The lowest BCUT2D eigenvalue weighted by Crippen LogP contribution is -2.52. The van der Waals surface area contributed by atoms with Gasteiger partial charge in [-0.25, -0.2) is 4.79 Å². The Bertz CT molecular complexity index is 666. The molecule has 1 saturated heterocycles. The molecule has 1 unspecified atom stereocenters. The van der Waals surface area contributed by atoms with Crippen LogP contribution in [0.3, 0.4) is 0 Å². The van der Waals surface area contributed by atoms with Gasteiger partial charge in [0.1, 0.15) is 0 Å². The highest BCUT2D eigenvalue weighted by atomic mass is 16.5. The quantitative estimate of drug-likeness (QED) is 0.831. The van der Waals surface area contributed by atoms with E-state index in [9.17, 15) is 9.59 Å². The van der Waals surface area contributed by atoms with E-state index >= 15 is 0 Å². The van der Waals surface area contributed by atoms with E-state index in [1.165, 1.54) is 4.90 Å². The molecule has 2 heterocycles. The average molecular weight is 275 g/mol. The van der Waals surface area contributed by atoms with Crippen LogP contribution in [0, 0.1) is 0 Å². The highest BCUT2D eigenvalue weighted by Gasteiger charge is 2.34. The molecule has 104 valence electrons. The van der Waals surface area contributed by atoms with Crippen molar-refractivity contribution in [2.45, 2.75) is 6.04 Å². The van der Waals surface area contributed by atoms with Gasteiger partial charge in [0, 0.05) is 11.9 Å². The van der Waals surface area contributed by atoms with Crippen molar-refractivity contribution in [3.05, 3.63) is 30.0 Å².